The average Bonchev–Trinajstić information content (AvgIpc) is 2.37. The van der Waals surface area contributed by atoms with Crippen LogP contribution in [0.3, 0.4) is 0 Å². The second kappa shape index (κ2) is 5.69. The van der Waals surface area contributed by atoms with E-state index in [-0.39, 0.29) is 0 Å². The monoisotopic (exact) mass is 246 g/mol. The molecule has 0 saturated heterocycles. The zero-order valence-corrected chi connectivity index (χ0v) is 10.5. The fourth-order valence-electron chi connectivity index (χ4n) is 1.69. The quantitative estimate of drug-likeness (QED) is 0.832. The average molecular weight is 247 g/mol. The van der Waals surface area contributed by atoms with Crippen molar-refractivity contribution in [3.63, 3.8) is 0 Å². The van der Waals surface area contributed by atoms with E-state index in [2.05, 4.69) is 10.3 Å². The minimum atomic E-state index is 0.518. The number of benzene rings is 1. The van der Waals surface area contributed by atoms with Gasteiger partial charge in [-0.05, 0) is 30.7 Å². The largest absolute Gasteiger partial charge is 0.379 e. The molecule has 2 rings (SSSR count). The van der Waals surface area contributed by atoms with Crippen molar-refractivity contribution in [2.45, 2.75) is 19.3 Å². The molecule has 0 bridgehead atoms. The molecule has 0 amide bonds. The third-order valence-electron chi connectivity index (χ3n) is 2.57. The van der Waals surface area contributed by atoms with Crippen LogP contribution in [0.25, 0.3) is 0 Å². The summed E-state index contributed by atoms with van der Waals surface area (Å²) in [5.41, 5.74) is 4.26. The highest BCUT2D eigenvalue weighted by Gasteiger charge is 2.00. The lowest BCUT2D eigenvalue weighted by molar-refractivity contribution is 1.01. The molecular weight excluding hydrogens is 232 g/mol. The van der Waals surface area contributed by atoms with Crippen molar-refractivity contribution in [2.24, 2.45) is 0 Å². The van der Waals surface area contributed by atoms with Crippen molar-refractivity contribution in [3.8, 4) is 0 Å². The van der Waals surface area contributed by atoms with E-state index in [9.17, 15) is 0 Å². The van der Waals surface area contributed by atoms with Gasteiger partial charge in [0.05, 0.1) is 12.2 Å². The van der Waals surface area contributed by atoms with E-state index in [1.165, 1.54) is 0 Å². The van der Waals surface area contributed by atoms with Crippen LogP contribution in [0.4, 0.5) is 5.69 Å². The second-order valence-electron chi connectivity index (χ2n) is 3.91. The third kappa shape index (κ3) is 3.21. The van der Waals surface area contributed by atoms with E-state index in [0.717, 1.165) is 29.2 Å². The second-order valence-corrected chi connectivity index (χ2v) is 4.18. The Morgan fingerprint density at radius 1 is 1.12 bits per heavy atom. The Labute approximate surface area is 107 Å². The number of para-hydroxylation sites is 1. The summed E-state index contributed by atoms with van der Waals surface area (Å²) in [5.74, 6) is 0.518. The highest BCUT2D eigenvalue weighted by Crippen LogP contribution is 2.17. The molecule has 1 heterocycles. The van der Waals surface area contributed by atoms with E-state index in [0.29, 0.717) is 5.88 Å². The maximum atomic E-state index is 5.88. The summed E-state index contributed by atoms with van der Waals surface area (Å²) in [4.78, 5) is 4.45. The van der Waals surface area contributed by atoms with Crippen molar-refractivity contribution in [1.82, 2.24) is 4.98 Å². The SMILES string of the molecule is Cc1cccc(CNc2ccccc2CCl)n1. The first-order valence-corrected chi connectivity index (χ1v) is 6.13. The Kier molecular flexibility index (Phi) is 3.99. The Morgan fingerprint density at radius 2 is 1.94 bits per heavy atom. The molecule has 0 atom stereocenters. The van der Waals surface area contributed by atoms with Gasteiger partial charge in [-0.3, -0.25) is 4.98 Å². The lowest BCUT2D eigenvalue weighted by Crippen LogP contribution is -2.03. The van der Waals surface area contributed by atoms with Crippen LogP contribution in [0.5, 0.6) is 0 Å². The molecule has 0 unspecified atom stereocenters. The summed E-state index contributed by atoms with van der Waals surface area (Å²) in [6.07, 6.45) is 0. The maximum Gasteiger partial charge on any atom is 0.0597 e. The topological polar surface area (TPSA) is 24.9 Å². The first-order chi connectivity index (χ1) is 8.29. The fraction of sp³-hybridized carbons (Fsp3) is 0.214. The number of halogens is 1. The van der Waals surface area contributed by atoms with Gasteiger partial charge in [-0.15, -0.1) is 11.6 Å². The minimum absolute atomic E-state index is 0.518. The van der Waals surface area contributed by atoms with Crippen LogP contribution in [0, 0.1) is 6.92 Å². The molecule has 2 nitrogen and oxygen atoms in total. The predicted octanol–water partition coefficient (Wildman–Crippen LogP) is 3.74. The molecule has 0 fully saturated rings. The van der Waals surface area contributed by atoms with Gasteiger partial charge in [-0.2, -0.15) is 0 Å². The highest BCUT2D eigenvalue weighted by atomic mass is 35.5. The van der Waals surface area contributed by atoms with Gasteiger partial charge < -0.3 is 5.32 Å². The number of anilines is 1. The first-order valence-electron chi connectivity index (χ1n) is 5.60. The van der Waals surface area contributed by atoms with Crippen molar-refractivity contribution < 1.29 is 0 Å². The predicted molar refractivity (Wildman–Crippen MR) is 72.3 cm³/mol. The van der Waals surface area contributed by atoms with Gasteiger partial charge in [-0.25, -0.2) is 0 Å². The van der Waals surface area contributed by atoms with Gasteiger partial charge in [0.15, 0.2) is 0 Å². The number of hydrogen-bond donors (Lipinski definition) is 1. The molecule has 88 valence electrons. The molecule has 0 radical (unpaired) electrons. The van der Waals surface area contributed by atoms with Crippen molar-refractivity contribution in [1.29, 1.82) is 0 Å². The van der Waals surface area contributed by atoms with Crippen LogP contribution >= 0.6 is 11.6 Å². The highest BCUT2D eigenvalue weighted by molar-refractivity contribution is 6.17. The van der Waals surface area contributed by atoms with Gasteiger partial charge in [0, 0.05) is 17.3 Å². The normalized spacial score (nSPS) is 10.2. The molecule has 0 aliphatic rings. The van der Waals surface area contributed by atoms with Crippen LogP contribution in [0.2, 0.25) is 0 Å². The summed E-state index contributed by atoms with van der Waals surface area (Å²) in [7, 11) is 0. The summed E-state index contributed by atoms with van der Waals surface area (Å²) >= 11 is 5.88. The van der Waals surface area contributed by atoms with Crippen LogP contribution in [0.1, 0.15) is 17.0 Å². The first kappa shape index (κ1) is 11.9. The zero-order chi connectivity index (χ0) is 12.1. The van der Waals surface area contributed by atoms with E-state index in [4.69, 9.17) is 11.6 Å². The molecule has 1 aromatic heterocycles. The summed E-state index contributed by atoms with van der Waals surface area (Å²) < 4.78 is 0. The Balaban J connectivity index is 2.07. The van der Waals surface area contributed by atoms with Crippen LogP contribution in [-0.4, -0.2) is 4.98 Å². The maximum absolute atomic E-state index is 5.88. The van der Waals surface area contributed by atoms with E-state index in [1.807, 2.05) is 49.4 Å². The van der Waals surface area contributed by atoms with Gasteiger partial charge in [0.25, 0.3) is 0 Å². The third-order valence-corrected chi connectivity index (χ3v) is 2.86. The van der Waals surface area contributed by atoms with E-state index >= 15 is 0 Å². The zero-order valence-electron chi connectivity index (χ0n) is 9.78. The Morgan fingerprint density at radius 3 is 2.71 bits per heavy atom. The van der Waals surface area contributed by atoms with E-state index < -0.39 is 0 Å². The summed E-state index contributed by atoms with van der Waals surface area (Å²) in [6.45, 7) is 2.71. The number of hydrogen-bond acceptors (Lipinski definition) is 2. The number of rotatable bonds is 4. The molecular formula is C14H15ClN2. The number of nitrogens with zero attached hydrogens (tertiary/aromatic N) is 1. The standard InChI is InChI=1S/C14H15ClN2/c1-11-5-4-7-13(17-11)10-16-14-8-3-2-6-12(14)9-15/h2-8,16H,9-10H2,1H3. The number of nitrogens with one attached hydrogen (secondary N) is 1. The smallest absolute Gasteiger partial charge is 0.0597 e. The Bertz CT molecular complexity index is 497. The summed E-state index contributed by atoms with van der Waals surface area (Å²) in [6, 6.07) is 14.1. The van der Waals surface area contributed by atoms with Crippen molar-refractivity contribution in [2.75, 3.05) is 5.32 Å². The molecule has 1 aromatic carbocycles. The van der Waals surface area contributed by atoms with Crippen LogP contribution < -0.4 is 5.32 Å². The number of pyridine rings is 1. The van der Waals surface area contributed by atoms with E-state index in [1.54, 1.807) is 0 Å². The number of aryl methyl sites for hydroxylation is 1. The summed E-state index contributed by atoms with van der Waals surface area (Å²) in [5, 5.41) is 3.36. The molecule has 1 N–H and O–H groups in total. The fourth-order valence-corrected chi connectivity index (χ4v) is 1.93. The van der Waals surface area contributed by atoms with Gasteiger partial charge in [-0.1, -0.05) is 24.3 Å². The molecule has 0 aliphatic heterocycles. The van der Waals surface area contributed by atoms with Crippen molar-refractivity contribution >= 4 is 17.3 Å². The van der Waals surface area contributed by atoms with Gasteiger partial charge in [0.1, 0.15) is 0 Å². The Hall–Kier alpha value is -1.54. The molecule has 3 heteroatoms. The van der Waals surface area contributed by atoms with Gasteiger partial charge in [0.2, 0.25) is 0 Å². The molecule has 0 saturated carbocycles. The lowest BCUT2D eigenvalue weighted by atomic mass is 10.2. The van der Waals surface area contributed by atoms with Crippen LogP contribution in [0.15, 0.2) is 42.5 Å². The van der Waals surface area contributed by atoms with Gasteiger partial charge >= 0.3 is 0 Å². The minimum Gasteiger partial charge on any atom is -0.379 e. The molecule has 2 aromatic rings. The lowest BCUT2D eigenvalue weighted by Gasteiger charge is -2.10. The molecule has 0 aliphatic carbocycles. The molecule has 17 heavy (non-hydrogen) atoms. The van der Waals surface area contributed by atoms with Crippen molar-refractivity contribution in [3.05, 3.63) is 59.4 Å². The number of aromatic nitrogens is 1. The number of alkyl halides is 1. The van der Waals surface area contributed by atoms with Crippen LogP contribution in [-0.2, 0) is 12.4 Å². The molecule has 0 spiro atoms.